The first-order valence-corrected chi connectivity index (χ1v) is 9.20. The summed E-state index contributed by atoms with van der Waals surface area (Å²) in [5.41, 5.74) is 1.15. The molecule has 2 aliphatic heterocycles. The molecule has 0 atom stereocenters. The Bertz CT molecular complexity index is 780. The Labute approximate surface area is 151 Å². The van der Waals surface area contributed by atoms with Crippen molar-refractivity contribution in [1.82, 2.24) is 20.3 Å². The molecule has 0 radical (unpaired) electrons. The van der Waals surface area contributed by atoms with E-state index in [0.717, 1.165) is 57.5 Å². The number of anilines is 2. The fraction of sp³-hybridized carbons (Fsp3) is 0.500. The number of nitrogens with zero attached hydrogens (tertiary/aromatic N) is 4. The number of carbonyl (C=O) groups excluding carboxylic acids is 1. The molecule has 2 aliphatic rings. The van der Waals surface area contributed by atoms with E-state index < -0.39 is 11.7 Å². The summed E-state index contributed by atoms with van der Waals surface area (Å²) < 4.78 is 16.1. The fourth-order valence-corrected chi connectivity index (χ4v) is 3.67. The summed E-state index contributed by atoms with van der Waals surface area (Å²) >= 11 is 0. The molecule has 0 bridgehead atoms. The van der Waals surface area contributed by atoms with Crippen molar-refractivity contribution in [3.63, 3.8) is 0 Å². The molecule has 7 nitrogen and oxygen atoms in total. The van der Waals surface area contributed by atoms with Crippen LogP contribution < -0.4 is 15.5 Å². The lowest BCUT2D eigenvalue weighted by Gasteiger charge is -2.22. The minimum absolute atomic E-state index is 0.208. The number of hydrogen-bond acceptors (Lipinski definition) is 5. The first-order valence-electron chi connectivity index (χ1n) is 9.20. The lowest BCUT2D eigenvalue weighted by atomic mass is 10.1. The Balaban J connectivity index is 1.52. The average molecular weight is 358 g/mol. The fourth-order valence-electron chi connectivity index (χ4n) is 3.67. The molecule has 0 spiro atoms. The zero-order valence-corrected chi connectivity index (χ0v) is 14.6. The quantitative estimate of drug-likeness (QED) is 0.876. The zero-order valence-electron chi connectivity index (χ0n) is 14.6. The van der Waals surface area contributed by atoms with Crippen molar-refractivity contribution in [1.29, 1.82) is 0 Å². The van der Waals surface area contributed by atoms with Gasteiger partial charge in [0, 0.05) is 13.1 Å². The first kappa shape index (κ1) is 17.0. The summed E-state index contributed by atoms with van der Waals surface area (Å²) in [6.07, 6.45) is 5.72. The summed E-state index contributed by atoms with van der Waals surface area (Å²) in [6, 6.07) is 5.13. The Morgan fingerprint density at radius 1 is 1.23 bits per heavy atom. The Morgan fingerprint density at radius 3 is 2.77 bits per heavy atom. The average Bonchev–Trinajstić information content (AvgIpc) is 3.36. The van der Waals surface area contributed by atoms with Gasteiger partial charge in [-0.05, 0) is 50.9 Å². The minimum Gasteiger partial charge on any atom is -0.370 e. The van der Waals surface area contributed by atoms with E-state index in [1.165, 1.54) is 6.07 Å². The van der Waals surface area contributed by atoms with Gasteiger partial charge in [0.25, 0.3) is 5.91 Å². The van der Waals surface area contributed by atoms with Gasteiger partial charge in [-0.1, -0.05) is 11.3 Å². The number of halogens is 1. The molecular formula is C18H23FN6O. The summed E-state index contributed by atoms with van der Waals surface area (Å²) in [5, 5.41) is 14.1. The SMILES string of the molecule is O=C(Nc1c(F)cccc1N1CCCC1)c1cn(C2CCNCC2)nn1. The van der Waals surface area contributed by atoms with Gasteiger partial charge in [0.2, 0.25) is 0 Å². The molecule has 0 saturated carbocycles. The number of para-hydroxylation sites is 1. The second-order valence-electron chi connectivity index (χ2n) is 6.85. The van der Waals surface area contributed by atoms with Crippen molar-refractivity contribution in [2.45, 2.75) is 31.7 Å². The van der Waals surface area contributed by atoms with E-state index >= 15 is 0 Å². The zero-order chi connectivity index (χ0) is 17.9. The van der Waals surface area contributed by atoms with Crippen LogP contribution in [0.5, 0.6) is 0 Å². The van der Waals surface area contributed by atoms with Crippen LogP contribution in [-0.2, 0) is 0 Å². The Kier molecular flexibility index (Phi) is 4.83. The topological polar surface area (TPSA) is 75.1 Å². The number of piperidine rings is 1. The van der Waals surface area contributed by atoms with Gasteiger partial charge in [-0.25, -0.2) is 9.07 Å². The molecule has 2 N–H and O–H groups in total. The summed E-state index contributed by atoms with van der Waals surface area (Å²) in [4.78, 5) is 14.7. The van der Waals surface area contributed by atoms with Crippen molar-refractivity contribution in [3.8, 4) is 0 Å². The van der Waals surface area contributed by atoms with Crippen LogP contribution in [0.2, 0.25) is 0 Å². The number of aromatic nitrogens is 3. The molecule has 1 aromatic heterocycles. The Morgan fingerprint density at radius 2 is 2.00 bits per heavy atom. The number of rotatable bonds is 4. The van der Waals surface area contributed by atoms with Gasteiger partial charge in [-0.2, -0.15) is 0 Å². The number of nitrogens with one attached hydrogen (secondary N) is 2. The van der Waals surface area contributed by atoms with Gasteiger partial charge in [0.1, 0.15) is 11.5 Å². The summed E-state index contributed by atoms with van der Waals surface area (Å²) in [6.45, 7) is 3.61. The molecule has 8 heteroatoms. The molecule has 4 rings (SSSR count). The van der Waals surface area contributed by atoms with Crippen LogP contribution in [0.4, 0.5) is 15.8 Å². The third-order valence-electron chi connectivity index (χ3n) is 5.10. The normalized spacial score (nSPS) is 18.3. The van der Waals surface area contributed by atoms with Gasteiger partial charge < -0.3 is 15.5 Å². The maximum Gasteiger partial charge on any atom is 0.277 e. The third kappa shape index (κ3) is 3.41. The van der Waals surface area contributed by atoms with Crippen LogP contribution in [0.1, 0.15) is 42.2 Å². The maximum atomic E-state index is 14.4. The summed E-state index contributed by atoms with van der Waals surface area (Å²) in [5.74, 6) is -0.871. The lowest BCUT2D eigenvalue weighted by molar-refractivity contribution is 0.102. The highest BCUT2D eigenvalue weighted by molar-refractivity contribution is 6.04. The van der Waals surface area contributed by atoms with E-state index in [1.807, 2.05) is 6.07 Å². The number of hydrogen-bond donors (Lipinski definition) is 2. The van der Waals surface area contributed by atoms with E-state index in [2.05, 4.69) is 25.8 Å². The van der Waals surface area contributed by atoms with Crippen molar-refractivity contribution < 1.29 is 9.18 Å². The van der Waals surface area contributed by atoms with Crippen molar-refractivity contribution in [2.24, 2.45) is 0 Å². The molecule has 0 aliphatic carbocycles. The monoisotopic (exact) mass is 358 g/mol. The van der Waals surface area contributed by atoms with E-state index in [9.17, 15) is 9.18 Å². The largest absolute Gasteiger partial charge is 0.370 e. The van der Waals surface area contributed by atoms with Gasteiger partial charge in [0.05, 0.1) is 17.9 Å². The Hall–Kier alpha value is -2.48. The van der Waals surface area contributed by atoms with Gasteiger partial charge in [-0.15, -0.1) is 5.10 Å². The number of amides is 1. The maximum absolute atomic E-state index is 14.4. The van der Waals surface area contributed by atoms with Crippen LogP contribution in [0.25, 0.3) is 0 Å². The molecule has 26 heavy (non-hydrogen) atoms. The highest BCUT2D eigenvalue weighted by Crippen LogP contribution is 2.31. The van der Waals surface area contributed by atoms with E-state index in [0.29, 0.717) is 0 Å². The first-order chi connectivity index (χ1) is 12.7. The standard InChI is InChI=1S/C18H23FN6O/c19-14-4-3-5-16(24-10-1-2-11-24)17(14)21-18(26)15-12-25(23-22-15)13-6-8-20-9-7-13/h3-5,12-13,20H,1-2,6-11H2,(H,21,26). The number of carbonyl (C=O) groups is 1. The predicted octanol–water partition coefficient (Wildman–Crippen LogP) is 2.19. The molecule has 1 aromatic carbocycles. The van der Waals surface area contributed by atoms with Crippen LogP contribution in [0.3, 0.4) is 0 Å². The predicted molar refractivity (Wildman–Crippen MR) is 97.0 cm³/mol. The highest BCUT2D eigenvalue weighted by Gasteiger charge is 2.22. The molecule has 2 aromatic rings. The second kappa shape index (κ2) is 7.41. The molecule has 1 amide bonds. The van der Waals surface area contributed by atoms with Crippen molar-refractivity contribution >= 4 is 17.3 Å². The third-order valence-corrected chi connectivity index (χ3v) is 5.10. The van der Waals surface area contributed by atoms with Crippen LogP contribution in [0, 0.1) is 5.82 Å². The van der Waals surface area contributed by atoms with Gasteiger partial charge in [-0.3, -0.25) is 4.79 Å². The smallest absolute Gasteiger partial charge is 0.277 e. The van der Waals surface area contributed by atoms with Crippen LogP contribution in [-0.4, -0.2) is 47.1 Å². The molecule has 3 heterocycles. The van der Waals surface area contributed by atoms with Crippen LogP contribution in [0.15, 0.2) is 24.4 Å². The van der Waals surface area contributed by atoms with Gasteiger partial charge in [0.15, 0.2) is 5.69 Å². The van der Waals surface area contributed by atoms with E-state index in [-0.39, 0.29) is 17.4 Å². The molecule has 2 saturated heterocycles. The minimum atomic E-state index is -0.437. The summed E-state index contributed by atoms with van der Waals surface area (Å²) in [7, 11) is 0. The highest BCUT2D eigenvalue weighted by atomic mass is 19.1. The molecular weight excluding hydrogens is 335 g/mol. The lowest BCUT2D eigenvalue weighted by Crippen LogP contribution is -2.29. The van der Waals surface area contributed by atoms with Gasteiger partial charge >= 0.3 is 0 Å². The number of benzene rings is 1. The molecule has 2 fully saturated rings. The molecule has 0 unspecified atom stereocenters. The van der Waals surface area contributed by atoms with Crippen molar-refractivity contribution in [2.75, 3.05) is 36.4 Å². The second-order valence-corrected chi connectivity index (χ2v) is 6.85. The van der Waals surface area contributed by atoms with E-state index in [1.54, 1.807) is 16.9 Å². The van der Waals surface area contributed by atoms with Crippen molar-refractivity contribution in [3.05, 3.63) is 35.9 Å². The van der Waals surface area contributed by atoms with Crippen LogP contribution >= 0.6 is 0 Å². The van der Waals surface area contributed by atoms with E-state index in [4.69, 9.17) is 0 Å². The molecule has 138 valence electrons.